The van der Waals surface area contributed by atoms with Crippen LogP contribution < -0.4 is 10.6 Å². The van der Waals surface area contributed by atoms with Crippen LogP contribution >= 0.6 is 12.4 Å². The molecule has 1 fully saturated rings. The van der Waals surface area contributed by atoms with Crippen LogP contribution in [0.2, 0.25) is 0 Å². The molecule has 1 unspecified atom stereocenters. The largest absolute Gasteiger partial charge is 0.356 e. The van der Waals surface area contributed by atoms with E-state index in [0.29, 0.717) is 30.2 Å². The van der Waals surface area contributed by atoms with Crippen molar-refractivity contribution in [2.45, 2.75) is 30.6 Å². The molecule has 0 spiro atoms. The van der Waals surface area contributed by atoms with Crippen LogP contribution in [0.4, 0.5) is 0 Å². The molecule has 130 valence electrons. The molecule has 1 aliphatic rings. The fourth-order valence-corrected chi connectivity index (χ4v) is 3.95. The van der Waals surface area contributed by atoms with Gasteiger partial charge in [-0.05, 0) is 50.4 Å². The highest BCUT2D eigenvalue weighted by Gasteiger charge is 2.16. The molecular formula is C16H25ClN2O3S. The van der Waals surface area contributed by atoms with Crippen molar-refractivity contribution in [3.63, 3.8) is 0 Å². The van der Waals surface area contributed by atoms with Crippen molar-refractivity contribution in [2.75, 3.05) is 25.4 Å². The van der Waals surface area contributed by atoms with Crippen molar-refractivity contribution in [3.05, 3.63) is 30.3 Å². The van der Waals surface area contributed by atoms with Gasteiger partial charge in [0.15, 0.2) is 9.84 Å². The summed E-state index contributed by atoms with van der Waals surface area (Å²) in [6.07, 6.45) is 3.01. The highest BCUT2D eigenvalue weighted by Crippen LogP contribution is 2.14. The summed E-state index contributed by atoms with van der Waals surface area (Å²) in [4.78, 5) is 12.1. The Kier molecular flexibility index (Phi) is 8.58. The summed E-state index contributed by atoms with van der Waals surface area (Å²) in [5.41, 5.74) is 0. The van der Waals surface area contributed by atoms with Crippen molar-refractivity contribution < 1.29 is 13.2 Å². The first-order valence-electron chi connectivity index (χ1n) is 7.83. The molecule has 0 radical (unpaired) electrons. The third-order valence-corrected chi connectivity index (χ3v) is 5.77. The van der Waals surface area contributed by atoms with E-state index >= 15 is 0 Å². The molecule has 1 atom stereocenters. The van der Waals surface area contributed by atoms with Crippen molar-refractivity contribution in [1.29, 1.82) is 0 Å². The maximum Gasteiger partial charge on any atom is 0.220 e. The molecule has 1 heterocycles. The smallest absolute Gasteiger partial charge is 0.220 e. The quantitative estimate of drug-likeness (QED) is 0.693. The predicted octanol–water partition coefficient (Wildman–Crippen LogP) is 1.78. The lowest BCUT2D eigenvalue weighted by Gasteiger charge is -2.09. The Morgan fingerprint density at radius 1 is 1.26 bits per heavy atom. The number of amides is 1. The topological polar surface area (TPSA) is 75.3 Å². The standard InChI is InChI=1S/C16H24N2O3S.ClH/c19-16(8-7-14-9-11-17-13-14)18-10-4-12-22(20,21)15-5-2-1-3-6-15;/h1-3,5-6,14,17H,4,7-13H2,(H,18,19);1H. The SMILES string of the molecule is Cl.O=C(CCC1CCNC1)NCCCS(=O)(=O)c1ccccc1. The second-order valence-corrected chi connectivity index (χ2v) is 7.84. The lowest BCUT2D eigenvalue weighted by molar-refractivity contribution is -0.121. The number of rotatable bonds is 8. The van der Waals surface area contributed by atoms with E-state index in [1.54, 1.807) is 30.3 Å². The molecule has 0 bridgehead atoms. The number of carbonyl (C=O) groups is 1. The average molecular weight is 361 g/mol. The fraction of sp³-hybridized carbons (Fsp3) is 0.562. The lowest BCUT2D eigenvalue weighted by Crippen LogP contribution is -2.26. The van der Waals surface area contributed by atoms with E-state index in [2.05, 4.69) is 10.6 Å². The summed E-state index contributed by atoms with van der Waals surface area (Å²) in [5, 5.41) is 6.09. The van der Waals surface area contributed by atoms with Crippen LogP contribution in [0.1, 0.15) is 25.7 Å². The van der Waals surface area contributed by atoms with Gasteiger partial charge in [0.25, 0.3) is 0 Å². The van der Waals surface area contributed by atoms with Crippen LogP contribution in [0.3, 0.4) is 0 Å². The van der Waals surface area contributed by atoms with E-state index in [4.69, 9.17) is 0 Å². The van der Waals surface area contributed by atoms with Crippen LogP contribution in [0.25, 0.3) is 0 Å². The molecule has 0 saturated carbocycles. The minimum absolute atomic E-state index is 0. The lowest BCUT2D eigenvalue weighted by atomic mass is 10.0. The van der Waals surface area contributed by atoms with Crippen LogP contribution in [-0.2, 0) is 14.6 Å². The van der Waals surface area contributed by atoms with Crippen LogP contribution in [0, 0.1) is 5.92 Å². The Balaban J connectivity index is 0.00000264. The third-order valence-electron chi connectivity index (χ3n) is 3.96. The van der Waals surface area contributed by atoms with Crippen molar-refractivity contribution in [1.82, 2.24) is 10.6 Å². The Morgan fingerprint density at radius 2 is 2.00 bits per heavy atom. The summed E-state index contributed by atoms with van der Waals surface area (Å²) >= 11 is 0. The third kappa shape index (κ3) is 6.89. The number of halogens is 1. The minimum Gasteiger partial charge on any atom is -0.356 e. The number of sulfone groups is 1. The van der Waals surface area contributed by atoms with Gasteiger partial charge in [0.05, 0.1) is 10.6 Å². The van der Waals surface area contributed by atoms with E-state index in [9.17, 15) is 13.2 Å². The van der Waals surface area contributed by atoms with E-state index in [1.807, 2.05) is 0 Å². The molecule has 1 amide bonds. The van der Waals surface area contributed by atoms with Gasteiger partial charge in [0.2, 0.25) is 5.91 Å². The molecule has 1 aliphatic heterocycles. The van der Waals surface area contributed by atoms with Gasteiger partial charge < -0.3 is 10.6 Å². The van der Waals surface area contributed by atoms with Gasteiger partial charge in [-0.1, -0.05) is 18.2 Å². The summed E-state index contributed by atoms with van der Waals surface area (Å²) in [7, 11) is -3.24. The van der Waals surface area contributed by atoms with Crippen molar-refractivity contribution in [3.8, 4) is 0 Å². The molecule has 0 aliphatic carbocycles. The summed E-state index contributed by atoms with van der Waals surface area (Å²) < 4.78 is 24.1. The van der Waals surface area contributed by atoms with Crippen LogP contribution in [-0.4, -0.2) is 39.7 Å². The highest BCUT2D eigenvalue weighted by atomic mass is 35.5. The second kappa shape index (κ2) is 9.90. The highest BCUT2D eigenvalue weighted by molar-refractivity contribution is 7.91. The average Bonchev–Trinajstić information content (AvgIpc) is 3.04. The van der Waals surface area contributed by atoms with E-state index < -0.39 is 9.84 Å². The number of hydrogen-bond donors (Lipinski definition) is 2. The maximum absolute atomic E-state index is 12.1. The zero-order valence-corrected chi connectivity index (χ0v) is 14.8. The van der Waals surface area contributed by atoms with Crippen LogP contribution in [0.5, 0.6) is 0 Å². The molecule has 5 nitrogen and oxygen atoms in total. The first-order chi connectivity index (χ1) is 10.6. The number of nitrogens with one attached hydrogen (secondary N) is 2. The molecule has 2 rings (SSSR count). The van der Waals surface area contributed by atoms with E-state index in [0.717, 1.165) is 25.9 Å². The van der Waals surface area contributed by atoms with E-state index in [-0.39, 0.29) is 24.1 Å². The van der Waals surface area contributed by atoms with Gasteiger partial charge in [-0.15, -0.1) is 12.4 Å². The Labute approximate surface area is 144 Å². The minimum atomic E-state index is -3.24. The molecule has 2 N–H and O–H groups in total. The zero-order chi connectivity index (χ0) is 15.8. The fourth-order valence-electron chi connectivity index (χ4n) is 2.62. The van der Waals surface area contributed by atoms with Gasteiger partial charge in [0.1, 0.15) is 0 Å². The zero-order valence-electron chi connectivity index (χ0n) is 13.2. The summed E-state index contributed by atoms with van der Waals surface area (Å²) in [6.45, 7) is 2.46. The van der Waals surface area contributed by atoms with Crippen molar-refractivity contribution in [2.24, 2.45) is 5.92 Å². The predicted molar refractivity (Wildman–Crippen MR) is 93.6 cm³/mol. The van der Waals surface area contributed by atoms with Crippen LogP contribution in [0.15, 0.2) is 35.2 Å². The van der Waals surface area contributed by atoms with Gasteiger partial charge >= 0.3 is 0 Å². The molecule has 1 aromatic rings. The monoisotopic (exact) mass is 360 g/mol. The molecule has 23 heavy (non-hydrogen) atoms. The summed E-state index contributed by atoms with van der Waals surface area (Å²) in [5.74, 6) is 0.678. The van der Waals surface area contributed by atoms with Gasteiger partial charge in [-0.2, -0.15) is 0 Å². The maximum atomic E-state index is 12.1. The molecule has 7 heteroatoms. The first-order valence-corrected chi connectivity index (χ1v) is 9.48. The number of benzene rings is 1. The van der Waals surface area contributed by atoms with Gasteiger partial charge in [-0.3, -0.25) is 4.79 Å². The summed E-state index contributed by atoms with van der Waals surface area (Å²) in [6, 6.07) is 8.42. The molecule has 1 aromatic carbocycles. The second-order valence-electron chi connectivity index (χ2n) is 5.73. The normalized spacial score (nSPS) is 17.5. The molecule has 1 saturated heterocycles. The Morgan fingerprint density at radius 3 is 2.65 bits per heavy atom. The number of carbonyl (C=O) groups excluding carboxylic acids is 1. The number of hydrogen-bond acceptors (Lipinski definition) is 4. The van der Waals surface area contributed by atoms with Gasteiger partial charge in [-0.25, -0.2) is 8.42 Å². The Hall–Kier alpha value is -1.11. The van der Waals surface area contributed by atoms with E-state index in [1.165, 1.54) is 0 Å². The molecular weight excluding hydrogens is 336 g/mol. The van der Waals surface area contributed by atoms with Gasteiger partial charge in [0, 0.05) is 13.0 Å². The Bertz CT molecular complexity index is 572. The molecule has 0 aromatic heterocycles. The van der Waals surface area contributed by atoms with Crippen molar-refractivity contribution >= 4 is 28.2 Å². The first kappa shape index (κ1) is 19.9.